The third-order valence-corrected chi connectivity index (χ3v) is 3.73. The van der Waals surface area contributed by atoms with Gasteiger partial charge in [0.2, 0.25) is 6.10 Å². The number of esters is 2. The fourth-order valence-electron chi connectivity index (χ4n) is 2.41. The number of hydrogen-bond donors (Lipinski definition) is 1. The van der Waals surface area contributed by atoms with Crippen LogP contribution in [0.25, 0.3) is 0 Å². The lowest BCUT2D eigenvalue weighted by molar-refractivity contribution is -0.145. The van der Waals surface area contributed by atoms with Crippen LogP contribution in [0.4, 0.5) is 4.79 Å². The molecule has 1 aliphatic heterocycles. The molecule has 1 fully saturated rings. The molecule has 1 atom stereocenters. The predicted molar refractivity (Wildman–Crippen MR) is 93.5 cm³/mol. The van der Waals surface area contributed by atoms with Gasteiger partial charge < -0.3 is 19.5 Å². The Morgan fingerprint density at radius 1 is 1.31 bits per heavy atom. The van der Waals surface area contributed by atoms with E-state index in [2.05, 4.69) is 5.32 Å². The minimum atomic E-state index is -0.932. The van der Waals surface area contributed by atoms with Gasteiger partial charge in [0.05, 0.1) is 5.56 Å². The number of carbonyl (C=O) groups excluding carboxylic acids is 3. The Morgan fingerprint density at radius 3 is 2.58 bits per heavy atom. The summed E-state index contributed by atoms with van der Waals surface area (Å²) < 4.78 is 15.5. The summed E-state index contributed by atoms with van der Waals surface area (Å²) in [5.74, 6) is -1.15. The van der Waals surface area contributed by atoms with E-state index in [1.807, 2.05) is 0 Å². The molecule has 142 valence electrons. The van der Waals surface area contributed by atoms with Crippen LogP contribution in [0.5, 0.6) is 0 Å². The third kappa shape index (κ3) is 5.21. The van der Waals surface area contributed by atoms with Crippen molar-refractivity contribution < 1.29 is 28.6 Å². The highest BCUT2D eigenvalue weighted by atomic mass is 16.6. The number of hydrogen-bond acceptors (Lipinski definition) is 6. The smallest absolute Gasteiger partial charge is 0.407 e. The van der Waals surface area contributed by atoms with Crippen LogP contribution in [0.3, 0.4) is 0 Å². The molecule has 1 amide bonds. The molecule has 0 saturated carbocycles. The summed E-state index contributed by atoms with van der Waals surface area (Å²) in [7, 11) is 0. The van der Waals surface area contributed by atoms with E-state index in [4.69, 9.17) is 14.2 Å². The van der Waals surface area contributed by atoms with Crippen molar-refractivity contribution in [1.29, 1.82) is 0 Å². The number of amides is 1. The van der Waals surface area contributed by atoms with E-state index in [9.17, 15) is 14.4 Å². The van der Waals surface area contributed by atoms with Gasteiger partial charge in [-0.05, 0) is 38.5 Å². The summed E-state index contributed by atoms with van der Waals surface area (Å²) in [6.45, 7) is 9.35. The largest absolute Gasteiger partial charge is 0.462 e. The zero-order valence-corrected chi connectivity index (χ0v) is 15.8. The van der Waals surface area contributed by atoms with E-state index in [1.165, 1.54) is 0 Å². The molecule has 0 radical (unpaired) electrons. The average molecular weight is 363 g/mol. The number of alkyl carbamates (subject to hydrolysis) is 1. The van der Waals surface area contributed by atoms with E-state index in [0.717, 1.165) is 0 Å². The van der Waals surface area contributed by atoms with Crippen molar-refractivity contribution in [3.8, 4) is 0 Å². The number of nitrogens with one attached hydrogen (secondary N) is 1. The first-order chi connectivity index (χ1) is 12.0. The van der Waals surface area contributed by atoms with Gasteiger partial charge in [0.1, 0.15) is 12.2 Å². The van der Waals surface area contributed by atoms with Crippen molar-refractivity contribution in [2.45, 2.75) is 52.9 Å². The Morgan fingerprint density at radius 2 is 2.00 bits per heavy atom. The Kier molecular flexibility index (Phi) is 5.59. The first-order valence-electron chi connectivity index (χ1n) is 8.41. The van der Waals surface area contributed by atoms with Crippen molar-refractivity contribution in [2.24, 2.45) is 5.41 Å². The molecular formula is C19H25NO6. The van der Waals surface area contributed by atoms with Crippen molar-refractivity contribution in [3.05, 3.63) is 35.4 Å². The predicted octanol–water partition coefficient (Wildman–Crippen LogP) is 2.82. The molecule has 1 aliphatic rings. The number of carbonyl (C=O) groups is 3. The lowest BCUT2D eigenvalue weighted by Gasteiger charge is -2.21. The molecule has 1 heterocycles. The second-order valence-corrected chi connectivity index (χ2v) is 7.94. The second kappa shape index (κ2) is 7.35. The molecule has 0 aliphatic carbocycles. The normalized spacial score (nSPS) is 18.8. The fourth-order valence-corrected chi connectivity index (χ4v) is 2.41. The van der Waals surface area contributed by atoms with Crippen LogP contribution in [-0.4, -0.2) is 36.3 Å². The van der Waals surface area contributed by atoms with Gasteiger partial charge in [0.25, 0.3) is 0 Å². The molecule has 0 spiro atoms. The van der Waals surface area contributed by atoms with E-state index in [0.29, 0.717) is 11.1 Å². The number of cyclic esters (lactones) is 1. The topological polar surface area (TPSA) is 90.9 Å². The van der Waals surface area contributed by atoms with E-state index < -0.39 is 35.2 Å². The molecule has 1 aromatic carbocycles. The van der Waals surface area contributed by atoms with E-state index >= 15 is 0 Å². The molecule has 1 aromatic rings. The van der Waals surface area contributed by atoms with Gasteiger partial charge in [0, 0.05) is 12.0 Å². The highest BCUT2D eigenvalue weighted by molar-refractivity contribution is 5.92. The standard InChI is InChI=1S/C19H25NO6/c1-18(2,3)26-17(23)20-10-12-7-6-8-13(9-12)15(21)25-14-16(22)24-11-19(14,4)5/h6-9,14H,10-11H2,1-5H3,(H,20,23). The summed E-state index contributed by atoms with van der Waals surface area (Å²) in [5, 5.41) is 2.63. The van der Waals surface area contributed by atoms with Crippen molar-refractivity contribution >= 4 is 18.0 Å². The summed E-state index contributed by atoms with van der Waals surface area (Å²) in [4.78, 5) is 35.8. The molecule has 7 heteroatoms. The van der Waals surface area contributed by atoms with Crippen molar-refractivity contribution in [3.63, 3.8) is 0 Å². The van der Waals surface area contributed by atoms with Gasteiger partial charge in [-0.15, -0.1) is 0 Å². The molecule has 1 unspecified atom stereocenters. The van der Waals surface area contributed by atoms with Crippen LogP contribution in [0, 0.1) is 5.41 Å². The zero-order valence-electron chi connectivity index (χ0n) is 15.8. The maximum absolute atomic E-state index is 12.4. The Labute approximate surface area is 153 Å². The minimum absolute atomic E-state index is 0.201. The molecule has 26 heavy (non-hydrogen) atoms. The van der Waals surface area contributed by atoms with Gasteiger partial charge in [0.15, 0.2) is 0 Å². The highest BCUT2D eigenvalue weighted by Gasteiger charge is 2.46. The van der Waals surface area contributed by atoms with Gasteiger partial charge in [-0.3, -0.25) is 0 Å². The first-order valence-corrected chi connectivity index (χ1v) is 8.41. The maximum Gasteiger partial charge on any atom is 0.407 e. The Hall–Kier alpha value is -2.57. The van der Waals surface area contributed by atoms with E-state index in [-0.39, 0.29) is 13.2 Å². The van der Waals surface area contributed by atoms with Crippen LogP contribution in [0.15, 0.2) is 24.3 Å². The Bertz CT molecular complexity index is 704. The number of ether oxygens (including phenoxy) is 3. The maximum atomic E-state index is 12.4. The lowest BCUT2D eigenvalue weighted by Crippen LogP contribution is -2.35. The van der Waals surface area contributed by atoms with Crippen LogP contribution in [0.1, 0.15) is 50.5 Å². The van der Waals surface area contributed by atoms with Crippen LogP contribution in [0.2, 0.25) is 0 Å². The SMILES string of the molecule is CC(C)(C)OC(=O)NCc1cccc(C(=O)OC2C(=O)OCC2(C)C)c1. The summed E-state index contributed by atoms with van der Waals surface area (Å²) in [6.07, 6.45) is -1.47. The highest BCUT2D eigenvalue weighted by Crippen LogP contribution is 2.31. The molecule has 1 saturated heterocycles. The third-order valence-electron chi connectivity index (χ3n) is 3.73. The molecular weight excluding hydrogens is 338 g/mol. The number of benzene rings is 1. The van der Waals surface area contributed by atoms with Gasteiger partial charge in [-0.25, -0.2) is 14.4 Å². The van der Waals surface area contributed by atoms with Crippen molar-refractivity contribution in [1.82, 2.24) is 5.32 Å². The summed E-state index contributed by atoms with van der Waals surface area (Å²) >= 11 is 0. The summed E-state index contributed by atoms with van der Waals surface area (Å²) in [5.41, 5.74) is -0.149. The average Bonchev–Trinajstić information content (AvgIpc) is 2.78. The van der Waals surface area contributed by atoms with Crippen LogP contribution >= 0.6 is 0 Å². The van der Waals surface area contributed by atoms with Crippen LogP contribution in [-0.2, 0) is 25.5 Å². The van der Waals surface area contributed by atoms with Gasteiger partial charge >= 0.3 is 18.0 Å². The zero-order chi connectivity index (χ0) is 19.5. The van der Waals surface area contributed by atoms with E-state index in [1.54, 1.807) is 58.9 Å². The fraction of sp³-hybridized carbons (Fsp3) is 0.526. The molecule has 1 N–H and O–H groups in total. The quantitative estimate of drug-likeness (QED) is 0.653. The van der Waals surface area contributed by atoms with Crippen LogP contribution < -0.4 is 5.32 Å². The number of rotatable bonds is 4. The van der Waals surface area contributed by atoms with Gasteiger partial charge in [-0.1, -0.05) is 26.0 Å². The molecule has 0 bridgehead atoms. The molecule has 7 nitrogen and oxygen atoms in total. The minimum Gasteiger partial charge on any atom is -0.462 e. The molecule has 0 aromatic heterocycles. The van der Waals surface area contributed by atoms with Crippen molar-refractivity contribution in [2.75, 3.05) is 6.61 Å². The summed E-state index contributed by atoms with van der Waals surface area (Å²) in [6, 6.07) is 6.64. The first kappa shape index (κ1) is 19.8. The van der Waals surface area contributed by atoms with Gasteiger partial charge in [-0.2, -0.15) is 0 Å². The Balaban J connectivity index is 1.99. The molecule has 2 rings (SSSR count). The monoisotopic (exact) mass is 363 g/mol. The second-order valence-electron chi connectivity index (χ2n) is 7.94. The lowest BCUT2D eigenvalue weighted by atomic mass is 9.90.